The van der Waals surface area contributed by atoms with Gasteiger partial charge in [-0.1, -0.05) is 103 Å². The summed E-state index contributed by atoms with van der Waals surface area (Å²) in [6.07, 6.45) is 5.29. The molecule has 7 aromatic rings. The summed E-state index contributed by atoms with van der Waals surface area (Å²) in [5.74, 6) is 1.87. The molecular formula is C36H25N3. The second-order valence-electron chi connectivity index (χ2n) is 10.1. The van der Waals surface area contributed by atoms with E-state index in [1.807, 2.05) is 6.07 Å². The van der Waals surface area contributed by atoms with Crippen molar-refractivity contribution in [2.75, 3.05) is 6.54 Å². The summed E-state index contributed by atoms with van der Waals surface area (Å²) < 4.78 is 2.19. The first-order valence-corrected chi connectivity index (χ1v) is 13.5. The molecule has 184 valence electrons. The summed E-state index contributed by atoms with van der Waals surface area (Å²) in [6.45, 7) is 0.807. The molecule has 2 heterocycles. The first kappa shape index (κ1) is 22.0. The highest BCUT2D eigenvalue weighted by molar-refractivity contribution is 6.23. The number of fused-ring (bicyclic) bond motifs is 6. The van der Waals surface area contributed by atoms with Crippen molar-refractivity contribution in [1.82, 2.24) is 9.55 Å². The number of hydrogen-bond acceptors (Lipinski definition) is 2. The lowest BCUT2D eigenvalue weighted by molar-refractivity contribution is 0.970. The smallest absolute Gasteiger partial charge is 0.146 e. The number of aromatic nitrogens is 2. The van der Waals surface area contributed by atoms with E-state index >= 15 is 0 Å². The fourth-order valence-electron chi connectivity index (χ4n) is 6.01. The average Bonchev–Trinajstić information content (AvgIpc) is 3.40. The quantitative estimate of drug-likeness (QED) is 0.218. The zero-order valence-corrected chi connectivity index (χ0v) is 21.4. The lowest BCUT2D eigenvalue weighted by Gasteiger charge is -2.14. The number of benzene rings is 6. The van der Waals surface area contributed by atoms with Crippen LogP contribution in [0.1, 0.15) is 6.42 Å². The summed E-state index contributed by atoms with van der Waals surface area (Å²) >= 11 is 0. The first-order valence-electron chi connectivity index (χ1n) is 13.5. The third-order valence-corrected chi connectivity index (χ3v) is 7.83. The van der Waals surface area contributed by atoms with Gasteiger partial charge in [-0.15, -0.1) is 0 Å². The Morgan fingerprint density at radius 2 is 1.33 bits per heavy atom. The van der Waals surface area contributed by atoms with Crippen molar-refractivity contribution < 1.29 is 0 Å². The normalized spacial score (nSPS) is 13.5. The fourth-order valence-corrected chi connectivity index (χ4v) is 6.01. The summed E-state index contributed by atoms with van der Waals surface area (Å²) in [4.78, 5) is 9.84. The fraction of sp³-hybridized carbons (Fsp3) is 0.0556. The number of imidazole rings is 1. The SMILES string of the molecule is C1=CC(n2c(-c3ccc(-c4cc5ccc6ccccc6c5c5ccccc45)cc3)nc3ccccc32)=NCC1. The largest absolute Gasteiger partial charge is 0.277 e. The molecule has 1 aromatic heterocycles. The van der Waals surface area contributed by atoms with Crippen LogP contribution in [0.25, 0.3) is 65.9 Å². The maximum Gasteiger partial charge on any atom is 0.146 e. The zero-order chi connectivity index (χ0) is 25.8. The molecule has 6 aromatic carbocycles. The third-order valence-electron chi connectivity index (χ3n) is 7.83. The van der Waals surface area contributed by atoms with E-state index in [4.69, 9.17) is 9.98 Å². The maximum atomic E-state index is 5.03. The first-order chi connectivity index (χ1) is 19.3. The van der Waals surface area contributed by atoms with Gasteiger partial charge < -0.3 is 0 Å². The molecule has 8 rings (SSSR count). The average molecular weight is 500 g/mol. The van der Waals surface area contributed by atoms with Gasteiger partial charge in [0.1, 0.15) is 11.7 Å². The van der Waals surface area contributed by atoms with E-state index in [9.17, 15) is 0 Å². The van der Waals surface area contributed by atoms with Crippen LogP contribution >= 0.6 is 0 Å². The van der Waals surface area contributed by atoms with Gasteiger partial charge in [-0.2, -0.15) is 0 Å². The van der Waals surface area contributed by atoms with Gasteiger partial charge >= 0.3 is 0 Å². The monoisotopic (exact) mass is 499 g/mol. The van der Waals surface area contributed by atoms with Crippen LogP contribution in [-0.2, 0) is 0 Å². The summed E-state index contributed by atoms with van der Waals surface area (Å²) in [6, 6.07) is 41.4. The van der Waals surface area contributed by atoms with Gasteiger partial charge in [-0.3, -0.25) is 9.56 Å². The molecule has 3 nitrogen and oxygen atoms in total. The number of allylic oxidation sites excluding steroid dienone is 1. The zero-order valence-electron chi connectivity index (χ0n) is 21.4. The van der Waals surface area contributed by atoms with E-state index in [0.29, 0.717) is 0 Å². The standard InChI is InChI=1S/C36H25N3/c1-2-10-28-24(9-1)18-21-27-23-31(29-11-3-4-12-30(29)35(27)28)25-16-19-26(20-17-25)36-38-32-13-5-6-14-33(32)39(36)34-15-7-8-22-37-34/h1-7,9-21,23H,8,22H2. The highest BCUT2D eigenvalue weighted by atomic mass is 15.1. The van der Waals surface area contributed by atoms with Crippen LogP contribution in [0.4, 0.5) is 0 Å². The van der Waals surface area contributed by atoms with Crippen molar-refractivity contribution in [1.29, 1.82) is 0 Å². The maximum absolute atomic E-state index is 5.03. The van der Waals surface area contributed by atoms with Gasteiger partial charge in [0.05, 0.1) is 11.0 Å². The van der Waals surface area contributed by atoms with E-state index in [1.165, 1.54) is 43.4 Å². The van der Waals surface area contributed by atoms with E-state index in [1.54, 1.807) is 0 Å². The van der Waals surface area contributed by atoms with Gasteiger partial charge in [0, 0.05) is 12.1 Å². The van der Waals surface area contributed by atoms with Crippen molar-refractivity contribution in [3.05, 3.63) is 127 Å². The molecular weight excluding hydrogens is 474 g/mol. The van der Waals surface area contributed by atoms with E-state index in [-0.39, 0.29) is 0 Å². The molecule has 0 amide bonds. The molecule has 0 aliphatic carbocycles. The molecule has 0 fully saturated rings. The van der Waals surface area contributed by atoms with Crippen LogP contribution < -0.4 is 0 Å². The minimum absolute atomic E-state index is 0.807. The Hall–Kier alpha value is -5.02. The van der Waals surface area contributed by atoms with Crippen molar-refractivity contribution in [2.45, 2.75) is 6.42 Å². The molecule has 1 aliphatic heterocycles. The molecule has 0 N–H and O–H groups in total. The van der Waals surface area contributed by atoms with Crippen LogP contribution in [-0.4, -0.2) is 21.9 Å². The minimum Gasteiger partial charge on any atom is -0.277 e. The number of aliphatic imine (C=N–C) groups is 1. The molecule has 0 spiro atoms. The van der Waals surface area contributed by atoms with Crippen LogP contribution in [0, 0.1) is 0 Å². The molecule has 0 atom stereocenters. The number of nitrogens with zero attached hydrogens (tertiary/aromatic N) is 3. The van der Waals surface area contributed by atoms with E-state index in [0.717, 1.165) is 41.2 Å². The Labute approximate surface area is 226 Å². The molecule has 39 heavy (non-hydrogen) atoms. The van der Waals surface area contributed by atoms with Crippen molar-refractivity contribution in [3.63, 3.8) is 0 Å². The van der Waals surface area contributed by atoms with Gasteiger partial charge in [-0.05, 0) is 74.1 Å². The Balaban J connectivity index is 1.30. The van der Waals surface area contributed by atoms with Crippen LogP contribution in [0.15, 0.2) is 132 Å². The molecule has 3 heteroatoms. The predicted octanol–water partition coefficient (Wildman–Crippen LogP) is 9.04. The van der Waals surface area contributed by atoms with E-state index in [2.05, 4.69) is 126 Å². The van der Waals surface area contributed by atoms with E-state index < -0.39 is 0 Å². The minimum atomic E-state index is 0.807. The van der Waals surface area contributed by atoms with Gasteiger partial charge in [0.15, 0.2) is 0 Å². The van der Waals surface area contributed by atoms with Gasteiger partial charge in [-0.25, -0.2) is 4.98 Å². The van der Waals surface area contributed by atoms with Crippen molar-refractivity contribution in [3.8, 4) is 22.5 Å². The highest BCUT2D eigenvalue weighted by Gasteiger charge is 2.17. The van der Waals surface area contributed by atoms with Crippen LogP contribution in [0.3, 0.4) is 0 Å². The Kier molecular flexibility index (Phi) is 4.95. The summed E-state index contributed by atoms with van der Waals surface area (Å²) in [5.41, 5.74) is 5.57. The topological polar surface area (TPSA) is 30.2 Å². The molecule has 0 saturated heterocycles. The Bertz CT molecular complexity index is 2110. The van der Waals surface area contributed by atoms with Gasteiger partial charge in [0.25, 0.3) is 0 Å². The summed E-state index contributed by atoms with van der Waals surface area (Å²) in [5, 5.41) is 7.70. The number of dihydropyridines is 1. The Morgan fingerprint density at radius 1 is 0.615 bits per heavy atom. The van der Waals surface area contributed by atoms with Gasteiger partial charge in [0.2, 0.25) is 0 Å². The molecule has 0 saturated carbocycles. The lowest BCUT2D eigenvalue weighted by atomic mass is 9.90. The van der Waals surface area contributed by atoms with Crippen molar-refractivity contribution in [2.24, 2.45) is 4.99 Å². The molecule has 0 radical (unpaired) electrons. The molecule has 0 unspecified atom stereocenters. The van der Waals surface area contributed by atoms with Crippen molar-refractivity contribution >= 4 is 49.2 Å². The summed E-state index contributed by atoms with van der Waals surface area (Å²) in [7, 11) is 0. The second kappa shape index (κ2) is 8.78. The second-order valence-corrected chi connectivity index (χ2v) is 10.1. The Morgan fingerprint density at radius 3 is 2.18 bits per heavy atom. The number of hydrogen-bond donors (Lipinski definition) is 0. The third kappa shape index (κ3) is 3.51. The molecule has 0 bridgehead atoms. The lowest BCUT2D eigenvalue weighted by Crippen LogP contribution is -2.13. The predicted molar refractivity (Wildman–Crippen MR) is 165 cm³/mol. The number of para-hydroxylation sites is 2. The number of rotatable bonds is 2. The van der Waals surface area contributed by atoms with Crippen LogP contribution in [0.2, 0.25) is 0 Å². The highest BCUT2D eigenvalue weighted by Crippen LogP contribution is 2.39. The van der Waals surface area contributed by atoms with Crippen LogP contribution in [0.5, 0.6) is 0 Å². The molecule has 1 aliphatic rings.